The van der Waals surface area contributed by atoms with Gasteiger partial charge in [-0.3, -0.25) is 4.79 Å². The molecule has 0 fully saturated rings. The van der Waals surface area contributed by atoms with Gasteiger partial charge in [-0.1, -0.05) is 18.2 Å². The molecule has 2 aromatic carbocycles. The average molecular weight is 367 g/mol. The first-order valence-electron chi connectivity index (χ1n) is 7.88. The zero-order chi connectivity index (χ0) is 18.6. The van der Waals surface area contributed by atoms with E-state index in [4.69, 9.17) is 0 Å². The molecule has 0 spiro atoms. The highest BCUT2D eigenvalue weighted by Gasteiger charge is 2.21. The maximum atomic E-state index is 13.8. The van der Waals surface area contributed by atoms with Crippen LogP contribution < -0.4 is 0 Å². The molecular formula is C19H20F3NOS. The number of carbonyl (C=O) groups is 1. The molecule has 2 atom stereocenters. The van der Waals surface area contributed by atoms with Crippen LogP contribution in [-0.4, -0.2) is 23.6 Å². The van der Waals surface area contributed by atoms with Crippen LogP contribution in [-0.2, 0) is 4.79 Å². The number of carbonyl (C=O) groups excluding carboxylic acids is 1. The van der Waals surface area contributed by atoms with Crippen molar-refractivity contribution in [3.63, 3.8) is 0 Å². The molecule has 1 amide bonds. The highest BCUT2D eigenvalue weighted by molar-refractivity contribution is 8.00. The predicted molar refractivity (Wildman–Crippen MR) is 94.8 cm³/mol. The molecule has 25 heavy (non-hydrogen) atoms. The fraction of sp³-hybridized carbons (Fsp3) is 0.316. The van der Waals surface area contributed by atoms with Crippen molar-refractivity contribution in [1.82, 2.24) is 4.90 Å². The van der Waals surface area contributed by atoms with E-state index >= 15 is 0 Å². The van der Waals surface area contributed by atoms with Crippen molar-refractivity contribution in [2.75, 3.05) is 12.8 Å². The number of nitrogens with zero attached hydrogens (tertiary/aromatic N) is 1. The van der Waals surface area contributed by atoms with Gasteiger partial charge in [0, 0.05) is 17.9 Å². The Hall–Kier alpha value is -1.95. The summed E-state index contributed by atoms with van der Waals surface area (Å²) in [5, 5.41) is -0.486. The Labute approximate surface area is 150 Å². The normalized spacial score (nSPS) is 13.4. The maximum Gasteiger partial charge on any atom is 0.232 e. The molecule has 2 nitrogen and oxygen atoms in total. The molecular weight excluding hydrogens is 347 g/mol. The van der Waals surface area contributed by atoms with Gasteiger partial charge < -0.3 is 4.90 Å². The number of rotatable bonds is 6. The highest BCUT2D eigenvalue weighted by atomic mass is 32.2. The van der Waals surface area contributed by atoms with Gasteiger partial charge >= 0.3 is 0 Å². The van der Waals surface area contributed by atoms with Crippen LogP contribution >= 0.6 is 11.8 Å². The van der Waals surface area contributed by atoms with Crippen molar-refractivity contribution >= 4 is 17.7 Å². The monoisotopic (exact) mass is 367 g/mol. The molecule has 0 aliphatic rings. The summed E-state index contributed by atoms with van der Waals surface area (Å²) in [4.78, 5) is 13.9. The first-order chi connectivity index (χ1) is 11.8. The van der Waals surface area contributed by atoms with Crippen LogP contribution in [0.5, 0.6) is 0 Å². The molecule has 0 heterocycles. The third-order valence-electron chi connectivity index (χ3n) is 4.19. The second-order valence-electron chi connectivity index (χ2n) is 5.82. The Kier molecular flexibility index (Phi) is 6.53. The fourth-order valence-electron chi connectivity index (χ4n) is 2.46. The van der Waals surface area contributed by atoms with E-state index in [1.54, 1.807) is 31.0 Å². The quantitative estimate of drug-likeness (QED) is 0.706. The van der Waals surface area contributed by atoms with E-state index in [9.17, 15) is 18.0 Å². The van der Waals surface area contributed by atoms with Crippen LogP contribution in [0.15, 0.2) is 42.5 Å². The Bertz CT molecular complexity index is 716. The molecule has 0 bridgehead atoms. The van der Waals surface area contributed by atoms with Gasteiger partial charge in [0.15, 0.2) is 0 Å². The number of halogens is 3. The van der Waals surface area contributed by atoms with Crippen LogP contribution in [0, 0.1) is 17.5 Å². The molecule has 134 valence electrons. The van der Waals surface area contributed by atoms with Crippen LogP contribution in [0.3, 0.4) is 0 Å². The van der Waals surface area contributed by atoms with Crippen LogP contribution in [0.2, 0.25) is 0 Å². The van der Waals surface area contributed by atoms with E-state index in [-0.39, 0.29) is 29.1 Å². The number of hydrogen-bond acceptors (Lipinski definition) is 2. The molecule has 0 radical (unpaired) electrons. The Balaban J connectivity index is 1.98. The van der Waals surface area contributed by atoms with Crippen molar-refractivity contribution in [3.05, 3.63) is 71.0 Å². The second-order valence-corrected chi connectivity index (χ2v) is 7.15. The Morgan fingerprint density at radius 2 is 1.60 bits per heavy atom. The fourth-order valence-corrected chi connectivity index (χ4v) is 3.45. The molecule has 6 heteroatoms. The van der Waals surface area contributed by atoms with Crippen molar-refractivity contribution < 1.29 is 18.0 Å². The van der Waals surface area contributed by atoms with Gasteiger partial charge in [0.1, 0.15) is 17.5 Å². The molecule has 0 aliphatic heterocycles. The lowest BCUT2D eigenvalue weighted by Crippen LogP contribution is -2.31. The second kappa shape index (κ2) is 8.43. The summed E-state index contributed by atoms with van der Waals surface area (Å²) in [6.45, 7) is 3.51. The van der Waals surface area contributed by atoms with Crippen LogP contribution in [0.1, 0.15) is 36.3 Å². The minimum atomic E-state index is -0.611. The molecule has 0 aromatic heterocycles. The lowest BCUT2D eigenvalue weighted by atomic mass is 10.1. The summed E-state index contributed by atoms with van der Waals surface area (Å²) in [5.74, 6) is -1.62. The first-order valence-corrected chi connectivity index (χ1v) is 8.92. The minimum Gasteiger partial charge on any atom is -0.338 e. The SMILES string of the molecule is CC(SCC(=O)N(C)C(C)c1ccc(F)cc1)c1c(F)cccc1F. The van der Waals surface area contributed by atoms with Gasteiger partial charge in [-0.25, -0.2) is 13.2 Å². The van der Waals surface area contributed by atoms with Gasteiger partial charge in [-0.05, 0) is 43.7 Å². The number of hydrogen-bond donors (Lipinski definition) is 0. The standard InChI is InChI=1S/C19H20F3NOS/c1-12(14-7-9-15(20)10-8-14)23(3)18(24)11-25-13(2)19-16(21)5-4-6-17(19)22/h4-10,12-13H,11H2,1-3H3. The van der Waals surface area contributed by atoms with Crippen molar-refractivity contribution in [2.45, 2.75) is 25.1 Å². The first kappa shape index (κ1) is 19.4. The number of thioether (sulfide) groups is 1. The summed E-state index contributed by atoms with van der Waals surface area (Å²) in [7, 11) is 1.66. The summed E-state index contributed by atoms with van der Waals surface area (Å²) in [6.07, 6.45) is 0. The van der Waals surface area contributed by atoms with E-state index in [2.05, 4.69) is 0 Å². The lowest BCUT2D eigenvalue weighted by molar-refractivity contribution is -0.128. The molecule has 2 rings (SSSR count). The minimum absolute atomic E-state index is 0.0189. The van der Waals surface area contributed by atoms with E-state index in [0.29, 0.717) is 0 Å². The molecule has 2 unspecified atom stereocenters. The number of benzene rings is 2. The smallest absolute Gasteiger partial charge is 0.232 e. The zero-order valence-electron chi connectivity index (χ0n) is 14.3. The van der Waals surface area contributed by atoms with Crippen molar-refractivity contribution in [2.24, 2.45) is 0 Å². The maximum absolute atomic E-state index is 13.8. The van der Waals surface area contributed by atoms with Crippen LogP contribution in [0.25, 0.3) is 0 Å². The molecule has 0 N–H and O–H groups in total. The lowest BCUT2D eigenvalue weighted by Gasteiger charge is -2.26. The summed E-state index contributed by atoms with van der Waals surface area (Å²) < 4.78 is 40.6. The van der Waals surface area contributed by atoms with E-state index in [0.717, 1.165) is 5.56 Å². The third-order valence-corrected chi connectivity index (χ3v) is 5.34. The third kappa shape index (κ3) is 4.78. The van der Waals surface area contributed by atoms with E-state index in [1.807, 2.05) is 6.92 Å². The zero-order valence-corrected chi connectivity index (χ0v) is 15.1. The van der Waals surface area contributed by atoms with Crippen molar-refractivity contribution in [1.29, 1.82) is 0 Å². The molecule has 0 aliphatic carbocycles. The summed E-state index contributed by atoms with van der Waals surface area (Å²) >= 11 is 1.18. The van der Waals surface area contributed by atoms with Crippen LogP contribution in [0.4, 0.5) is 13.2 Å². The van der Waals surface area contributed by atoms with Gasteiger partial charge in [0.2, 0.25) is 5.91 Å². The van der Waals surface area contributed by atoms with Gasteiger partial charge in [-0.2, -0.15) is 0 Å². The Morgan fingerprint density at radius 3 is 2.16 bits per heavy atom. The van der Waals surface area contributed by atoms with E-state index < -0.39 is 16.9 Å². The molecule has 2 aromatic rings. The summed E-state index contributed by atoms with van der Waals surface area (Å²) in [5.41, 5.74) is 0.796. The average Bonchev–Trinajstić information content (AvgIpc) is 2.59. The highest BCUT2D eigenvalue weighted by Crippen LogP contribution is 2.32. The topological polar surface area (TPSA) is 20.3 Å². The molecule has 0 saturated heterocycles. The predicted octanol–water partition coefficient (Wildman–Crippen LogP) is 5.12. The molecule has 0 saturated carbocycles. The van der Waals surface area contributed by atoms with Gasteiger partial charge in [0.05, 0.1) is 11.8 Å². The summed E-state index contributed by atoms with van der Waals surface area (Å²) in [6, 6.07) is 9.47. The largest absolute Gasteiger partial charge is 0.338 e. The van der Waals surface area contributed by atoms with Gasteiger partial charge in [0.25, 0.3) is 0 Å². The van der Waals surface area contributed by atoms with Gasteiger partial charge in [-0.15, -0.1) is 11.8 Å². The van der Waals surface area contributed by atoms with E-state index in [1.165, 1.54) is 42.1 Å². The Morgan fingerprint density at radius 1 is 1.04 bits per heavy atom. The van der Waals surface area contributed by atoms with Crippen molar-refractivity contribution in [3.8, 4) is 0 Å². The number of amides is 1.